The molecule has 0 N–H and O–H groups in total. The summed E-state index contributed by atoms with van der Waals surface area (Å²) in [5.41, 5.74) is 0. The van der Waals surface area contributed by atoms with E-state index in [9.17, 15) is 0 Å². The summed E-state index contributed by atoms with van der Waals surface area (Å²) in [6, 6.07) is 0. The SMILES string of the molecule is CC/C=C/C(Cl)CCl. The zero-order valence-electron chi connectivity index (χ0n) is 4.90. The van der Waals surface area contributed by atoms with Gasteiger partial charge in [0.1, 0.15) is 0 Å². The molecule has 0 saturated carbocycles. The zero-order chi connectivity index (χ0) is 6.41. The van der Waals surface area contributed by atoms with E-state index in [0.717, 1.165) is 6.42 Å². The van der Waals surface area contributed by atoms with E-state index in [-0.39, 0.29) is 5.38 Å². The van der Waals surface area contributed by atoms with Crippen molar-refractivity contribution in [2.45, 2.75) is 18.7 Å². The van der Waals surface area contributed by atoms with Gasteiger partial charge in [0.05, 0.1) is 5.38 Å². The standard InChI is InChI=1S/C6H10Cl2/c1-2-3-4-6(8)5-7/h3-4,6H,2,5H2,1H3/b4-3+. The Labute approximate surface area is 60.5 Å². The normalized spacial score (nSPS) is 14.9. The van der Waals surface area contributed by atoms with E-state index in [1.807, 2.05) is 12.2 Å². The van der Waals surface area contributed by atoms with Gasteiger partial charge in [0.25, 0.3) is 0 Å². The fraction of sp³-hybridized carbons (Fsp3) is 0.667. The van der Waals surface area contributed by atoms with Crippen molar-refractivity contribution in [1.29, 1.82) is 0 Å². The number of hydrogen-bond acceptors (Lipinski definition) is 0. The highest BCUT2D eigenvalue weighted by Crippen LogP contribution is 2.00. The maximum atomic E-state index is 5.63. The lowest BCUT2D eigenvalue weighted by atomic mass is 10.3. The highest BCUT2D eigenvalue weighted by atomic mass is 35.5. The Hall–Kier alpha value is 0.320. The van der Waals surface area contributed by atoms with Gasteiger partial charge in [0, 0.05) is 5.88 Å². The maximum absolute atomic E-state index is 5.63. The molecule has 0 amide bonds. The molecule has 0 aliphatic rings. The summed E-state index contributed by atoms with van der Waals surface area (Å²) >= 11 is 11.0. The third kappa shape index (κ3) is 4.48. The van der Waals surface area contributed by atoms with Crippen LogP contribution in [0.5, 0.6) is 0 Å². The van der Waals surface area contributed by atoms with Gasteiger partial charge in [-0.3, -0.25) is 0 Å². The van der Waals surface area contributed by atoms with Crippen LogP contribution in [0.2, 0.25) is 0 Å². The minimum absolute atomic E-state index is 0.0108. The Bertz CT molecular complexity index is 68.9. The first-order valence-electron chi connectivity index (χ1n) is 2.68. The Morgan fingerprint density at radius 2 is 2.25 bits per heavy atom. The lowest BCUT2D eigenvalue weighted by Crippen LogP contribution is -1.92. The average Bonchev–Trinajstić information content (AvgIpc) is 1.83. The van der Waals surface area contributed by atoms with E-state index in [4.69, 9.17) is 23.2 Å². The van der Waals surface area contributed by atoms with Crippen LogP contribution in [0.15, 0.2) is 12.2 Å². The molecule has 0 heterocycles. The van der Waals surface area contributed by atoms with Crippen molar-refractivity contribution in [3.8, 4) is 0 Å². The van der Waals surface area contributed by atoms with Crippen LogP contribution in [0.25, 0.3) is 0 Å². The molecule has 0 aliphatic carbocycles. The van der Waals surface area contributed by atoms with Crippen molar-refractivity contribution in [1.82, 2.24) is 0 Å². The van der Waals surface area contributed by atoms with Gasteiger partial charge in [-0.1, -0.05) is 19.1 Å². The molecule has 0 aromatic rings. The molecule has 48 valence electrons. The fourth-order valence-corrected chi connectivity index (χ4v) is 0.541. The molecule has 0 fully saturated rings. The quantitative estimate of drug-likeness (QED) is 0.432. The number of halogens is 2. The summed E-state index contributed by atoms with van der Waals surface area (Å²) in [5, 5.41) is 0.0108. The largest absolute Gasteiger partial charge is 0.125 e. The second-order valence-electron chi connectivity index (χ2n) is 1.51. The molecule has 8 heavy (non-hydrogen) atoms. The van der Waals surface area contributed by atoms with Crippen LogP contribution in [0, 0.1) is 0 Å². The monoisotopic (exact) mass is 152 g/mol. The van der Waals surface area contributed by atoms with Crippen LogP contribution in [0.4, 0.5) is 0 Å². The lowest BCUT2D eigenvalue weighted by Gasteiger charge is -1.92. The average molecular weight is 153 g/mol. The maximum Gasteiger partial charge on any atom is 0.0651 e. The summed E-state index contributed by atoms with van der Waals surface area (Å²) in [5.74, 6) is 0.498. The Morgan fingerprint density at radius 3 is 2.62 bits per heavy atom. The number of alkyl halides is 2. The Balaban J connectivity index is 3.21. The van der Waals surface area contributed by atoms with Gasteiger partial charge in [0.2, 0.25) is 0 Å². The predicted octanol–water partition coefficient (Wildman–Crippen LogP) is 2.80. The topological polar surface area (TPSA) is 0 Å². The second kappa shape index (κ2) is 5.46. The van der Waals surface area contributed by atoms with Gasteiger partial charge in [-0.15, -0.1) is 23.2 Å². The molecular weight excluding hydrogens is 143 g/mol. The van der Waals surface area contributed by atoms with Crippen molar-refractivity contribution in [3.05, 3.63) is 12.2 Å². The number of hydrogen-bond donors (Lipinski definition) is 0. The molecule has 0 aromatic carbocycles. The number of allylic oxidation sites excluding steroid dienone is 2. The van der Waals surface area contributed by atoms with E-state index >= 15 is 0 Å². The van der Waals surface area contributed by atoms with E-state index in [1.165, 1.54) is 0 Å². The summed E-state index contributed by atoms with van der Waals surface area (Å²) < 4.78 is 0. The van der Waals surface area contributed by atoms with Gasteiger partial charge in [-0.2, -0.15) is 0 Å². The van der Waals surface area contributed by atoms with E-state index in [0.29, 0.717) is 5.88 Å². The van der Waals surface area contributed by atoms with Gasteiger partial charge in [-0.25, -0.2) is 0 Å². The van der Waals surface area contributed by atoms with E-state index < -0.39 is 0 Å². The molecule has 0 aliphatic heterocycles. The zero-order valence-corrected chi connectivity index (χ0v) is 6.41. The lowest BCUT2D eigenvalue weighted by molar-refractivity contribution is 1.16. The van der Waals surface area contributed by atoms with Gasteiger partial charge < -0.3 is 0 Å². The van der Waals surface area contributed by atoms with Crippen molar-refractivity contribution in [2.75, 3.05) is 5.88 Å². The third-order valence-electron chi connectivity index (χ3n) is 0.728. The summed E-state index contributed by atoms with van der Waals surface area (Å²) in [6.07, 6.45) is 4.95. The van der Waals surface area contributed by atoms with Crippen molar-refractivity contribution >= 4 is 23.2 Å². The van der Waals surface area contributed by atoms with Gasteiger partial charge >= 0.3 is 0 Å². The molecule has 0 aromatic heterocycles. The van der Waals surface area contributed by atoms with Gasteiger partial charge in [0.15, 0.2) is 0 Å². The Kier molecular flexibility index (Phi) is 5.67. The van der Waals surface area contributed by atoms with Crippen LogP contribution >= 0.6 is 23.2 Å². The van der Waals surface area contributed by atoms with Crippen molar-refractivity contribution in [2.24, 2.45) is 0 Å². The van der Waals surface area contributed by atoms with Crippen LogP contribution in [-0.2, 0) is 0 Å². The highest BCUT2D eigenvalue weighted by Gasteiger charge is 1.91. The highest BCUT2D eigenvalue weighted by molar-refractivity contribution is 6.28. The smallest absolute Gasteiger partial charge is 0.0651 e. The van der Waals surface area contributed by atoms with Crippen LogP contribution in [0.3, 0.4) is 0 Å². The second-order valence-corrected chi connectivity index (χ2v) is 2.38. The molecule has 1 unspecified atom stereocenters. The first-order valence-corrected chi connectivity index (χ1v) is 3.65. The number of rotatable bonds is 3. The summed E-state index contributed by atoms with van der Waals surface area (Å²) in [6.45, 7) is 2.06. The van der Waals surface area contributed by atoms with Crippen LogP contribution in [-0.4, -0.2) is 11.3 Å². The molecule has 2 heteroatoms. The molecule has 0 saturated heterocycles. The summed E-state index contributed by atoms with van der Waals surface area (Å²) in [4.78, 5) is 0. The molecule has 0 radical (unpaired) electrons. The fourth-order valence-electron chi connectivity index (χ4n) is 0.335. The first-order chi connectivity index (χ1) is 3.81. The minimum Gasteiger partial charge on any atom is -0.125 e. The van der Waals surface area contributed by atoms with Crippen LogP contribution in [0.1, 0.15) is 13.3 Å². The van der Waals surface area contributed by atoms with E-state index in [2.05, 4.69) is 6.92 Å². The molecular formula is C6H10Cl2. The first kappa shape index (κ1) is 8.32. The summed E-state index contributed by atoms with van der Waals surface area (Å²) in [7, 11) is 0. The molecule has 0 spiro atoms. The predicted molar refractivity (Wildman–Crippen MR) is 39.8 cm³/mol. The molecule has 0 rings (SSSR count). The van der Waals surface area contributed by atoms with Crippen molar-refractivity contribution in [3.63, 3.8) is 0 Å². The molecule has 0 bridgehead atoms. The third-order valence-corrected chi connectivity index (χ3v) is 1.52. The van der Waals surface area contributed by atoms with Crippen LogP contribution < -0.4 is 0 Å². The van der Waals surface area contributed by atoms with Gasteiger partial charge in [-0.05, 0) is 6.42 Å². The van der Waals surface area contributed by atoms with E-state index in [1.54, 1.807) is 0 Å². The Morgan fingerprint density at radius 1 is 1.62 bits per heavy atom. The molecule has 0 nitrogen and oxygen atoms in total. The minimum atomic E-state index is 0.0108. The molecule has 1 atom stereocenters. The van der Waals surface area contributed by atoms with Crippen molar-refractivity contribution < 1.29 is 0 Å².